The summed E-state index contributed by atoms with van der Waals surface area (Å²) in [5, 5.41) is 8.86. The molecule has 0 fully saturated rings. The molecule has 0 aromatic carbocycles. The Bertz CT molecular complexity index is 451. The number of aliphatic hydroxyl groups is 1. The molecule has 0 saturated heterocycles. The van der Waals surface area contributed by atoms with E-state index in [4.69, 9.17) is 10.8 Å². The molecule has 2 aromatic heterocycles. The highest BCUT2D eigenvalue weighted by atomic mass is 16.3. The van der Waals surface area contributed by atoms with Gasteiger partial charge in [-0.15, -0.1) is 0 Å². The Balaban J connectivity index is 2.51. The molecule has 4 N–H and O–H groups in total. The van der Waals surface area contributed by atoms with Gasteiger partial charge in [-0.25, -0.2) is 9.97 Å². The third-order valence-corrected chi connectivity index (χ3v) is 2.05. The number of imidazole rings is 1. The van der Waals surface area contributed by atoms with Gasteiger partial charge in [-0.05, 0) is 19.1 Å². The normalized spacial score (nSPS) is 13.4. The van der Waals surface area contributed by atoms with Crippen LogP contribution in [0.25, 0.3) is 11.2 Å². The lowest BCUT2D eigenvalue weighted by Gasteiger charge is -2.01. The molecule has 74 valence electrons. The van der Waals surface area contributed by atoms with Gasteiger partial charge in [0.05, 0.1) is 18.2 Å². The maximum Gasteiger partial charge on any atom is 0.178 e. The molecule has 0 aliphatic rings. The minimum absolute atomic E-state index is 0.126. The smallest absolute Gasteiger partial charge is 0.178 e. The van der Waals surface area contributed by atoms with E-state index >= 15 is 0 Å². The number of hydrogen-bond acceptors (Lipinski definition) is 4. The van der Waals surface area contributed by atoms with Gasteiger partial charge in [0.2, 0.25) is 0 Å². The molecule has 0 spiro atoms. The van der Waals surface area contributed by atoms with Crippen molar-refractivity contribution in [1.29, 1.82) is 0 Å². The van der Waals surface area contributed by atoms with Crippen molar-refractivity contribution in [2.45, 2.75) is 13.0 Å². The Hall–Kier alpha value is -1.46. The molecule has 0 saturated carbocycles. The molecule has 2 rings (SSSR count). The van der Waals surface area contributed by atoms with Crippen LogP contribution in [-0.2, 0) is 0 Å². The number of nitrogens with zero attached hydrogens (tertiary/aromatic N) is 2. The second-order valence-electron chi connectivity index (χ2n) is 3.23. The van der Waals surface area contributed by atoms with Gasteiger partial charge in [0.15, 0.2) is 5.65 Å². The van der Waals surface area contributed by atoms with Crippen LogP contribution in [0.5, 0.6) is 0 Å². The van der Waals surface area contributed by atoms with E-state index < -0.39 is 6.04 Å². The summed E-state index contributed by atoms with van der Waals surface area (Å²) in [6, 6.07) is 3.33. The third-order valence-electron chi connectivity index (χ3n) is 2.05. The van der Waals surface area contributed by atoms with Crippen molar-refractivity contribution in [3.8, 4) is 0 Å². The van der Waals surface area contributed by atoms with Gasteiger partial charge in [0.25, 0.3) is 0 Å². The van der Waals surface area contributed by atoms with Crippen LogP contribution in [0.1, 0.15) is 17.6 Å². The van der Waals surface area contributed by atoms with Gasteiger partial charge in [0.1, 0.15) is 5.82 Å². The van der Waals surface area contributed by atoms with Crippen molar-refractivity contribution < 1.29 is 5.11 Å². The zero-order valence-corrected chi connectivity index (χ0v) is 7.86. The topological polar surface area (TPSA) is 87.8 Å². The molecule has 5 heteroatoms. The molecule has 14 heavy (non-hydrogen) atoms. The van der Waals surface area contributed by atoms with Gasteiger partial charge in [-0.2, -0.15) is 0 Å². The molecule has 1 unspecified atom stereocenters. The Morgan fingerprint density at radius 2 is 2.29 bits per heavy atom. The van der Waals surface area contributed by atoms with Crippen molar-refractivity contribution in [3.05, 3.63) is 23.7 Å². The predicted molar refractivity (Wildman–Crippen MR) is 52.6 cm³/mol. The van der Waals surface area contributed by atoms with Gasteiger partial charge in [-0.3, -0.25) is 0 Å². The number of fused-ring (bicyclic) bond motifs is 1. The predicted octanol–water partition coefficient (Wildman–Crippen LogP) is 0.258. The lowest BCUT2D eigenvalue weighted by atomic mass is 10.3. The molecule has 0 amide bonds. The second kappa shape index (κ2) is 3.36. The monoisotopic (exact) mass is 192 g/mol. The number of pyridine rings is 1. The van der Waals surface area contributed by atoms with Crippen molar-refractivity contribution in [2.24, 2.45) is 5.73 Å². The quantitative estimate of drug-likeness (QED) is 0.636. The van der Waals surface area contributed by atoms with E-state index in [2.05, 4.69) is 15.0 Å². The molecular weight excluding hydrogens is 180 g/mol. The van der Waals surface area contributed by atoms with E-state index in [1.807, 2.05) is 19.1 Å². The molecule has 0 aliphatic carbocycles. The van der Waals surface area contributed by atoms with Crippen molar-refractivity contribution in [1.82, 2.24) is 15.0 Å². The van der Waals surface area contributed by atoms with Crippen molar-refractivity contribution in [2.75, 3.05) is 6.61 Å². The first-order valence-electron chi connectivity index (χ1n) is 4.40. The summed E-state index contributed by atoms with van der Waals surface area (Å²) in [6.07, 6.45) is 0. The zero-order chi connectivity index (χ0) is 10.1. The van der Waals surface area contributed by atoms with Crippen LogP contribution in [0, 0.1) is 6.92 Å². The number of H-pyrrole nitrogens is 1. The number of aromatic nitrogens is 3. The van der Waals surface area contributed by atoms with Crippen LogP contribution < -0.4 is 5.73 Å². The lowest BCUT2D eigenvalue weighted by Crippen LogP contribution is -2.15. The summed E-state index contributed by atoms with van der Waals surface area (Å²) in [6.45, 7) is 1.78. The highest BCUT2D eigenvalue weighted by Gasteiger charge is 2.10. The van der Waals surface area contributed by atoms with Crippen LogP contribution >= 0.6 is 0 Å². The number of nitrogens with one attached hydrogen (secondary N) is 1. The number of hydrogen-bond donors (Lipinski definition) is 3. The van der Waals surface area contributed by atoms with Gasteiger partial charge < -0.3 is 15.8 Å². The average molecular weight is 192 g/mol. The summed E-state index contributed by atoms with van der Waals surface area (Å²) >= 11 is 0. The number of nitrogens with two attached hydrogens (primary N) is 1. The first-order chi connectivity index (χ1) is 6.70. The fourth-order valence-electron chi connectivity index (χ4n) is 1.27. The minimum atomic E-state index is -0.468. The van der Waals surface area contributed by atoms with E-state index in [9.17, 15) is 0 Å². The summed E-state index contributed by atoms with van der Waals surface area (Å²) in [5.41, 5.74) is 8.02. The van der Waals surface area contributed by atoms with Crippen molar-refractivity contribution in [3.63, 3.8) is 0 Å². The summed E-state index contributed by atoms with van der Waals surface area (Å²) in [5.74, 6) is 0.570. The van der Waals surface area contributed by atoms with Crippen LogP contribution in [0.2, 0.25) is 0 Å². The highest BCUT2D eigenvalue weighted by Crippen LogP contribution is 2.12. The largest absolute Gasteiger partial charge is 0.394 e. The number of aliphatic hydroxyl groups excluding tert-OH is 1. The molecule has 2 heterocycles. The van der Waals surface area contributed by atoms with E-state index in [0.717, 1.165) is 11.2 Å². The standard InChI is InChI=1S/C9H12N4O/c1-5-2-3-7-9(11-5)13-8(12-7)6(10)4-14/h2-3,6,14H,4,10H2,1H3,(H,11,12,13). The van der Waals surface area contributed by atoms with Gasteiger partial charge >= 0.3 is 0 Å². The second-order valence-corrected chi connectivity index (χ2v) is 3.23. The van der Waals surface area contributed by atoms with E-state index in [1.54, 1.807) is 0 Å². The first kappa shape index (κ1) is 9.11. The van der Waals surface area contributed by atoms with Crippen LogP contribution in [0.3, 0.4) is 0 Å². The molecule has 0 aliphatic heterocycles. The van der Waals surface area contributed by atoms with Gasteiger partial charge in [0, 0.05) is 5.69 Å². The third kappa shape index (κ3) is 1.47. The highest BCUT2D eigenvalue weighted by molar-refractivity contribution is 5.70. The Kier molecular flexibility index (Phi) is 2.18. The van der Waals surface area contributed by atoms with Crippen LogP contribution in [0.4, 0.5) is 0 Å². The SMILES string of the molecule is Cc1ccc2[nH]c(C(N)CO)nc2n1. The average Bonchev–Trinajstić information content (AvgIpc) is 2.59. The van der Waals surface area contributed by atoms with Crippen molar-refractivity contribution >= 4 is 11.2 Å². The molecular formula is C9H12N4O. The first-order valence-corrected chi connectivity index (χ1v) is 4.40. The lowest BCUT2D eigenvalue weighted by molar-refractivity contribution is 0.264. The maximum absolute atomic E-state index is 8.86. The molecule has 0 radical (unpaired) electrons. The maximum atomic E-state index is 8.86. The Morgan fingerprint density at radius 1 is 1.50 bits per heavy atom. The number of aromatic amines is 1. The number of rotatable bonds is 2. The summed E-state index contributed by atoms with van der Waals surface area (Å²) in [4.78, 5) is 11.4. The number of aryl methyl sites for hydroxylation is 1. The van der Waals surface area contributed by atoms with Crippen LogP contribution in [-0.4, -0.2) is 26.7 Å². The van der Waals surface area contributed by atoms with E-state index in [-0.39, 0.29) is 6.61 Å². The molecule has 5 nitrogen and oxygen atoms in total. The Labute approximate surface area is 81.0 Å². The Morgan fingerprint density at radius 3 is 3.00 bits per heavy atom. The van der Waals surface area contributed by atoms with Gasteiger partial charge in [-0.1, -0.05) is 0 Å². The fourth-order valence-corrected chi connectivity index (χ4v) is 1.27. The summed E-state index contributed by atoms with van der Waals surface area (Å²) in [7, 11) is 0. The molecule has 2 aromatic rings. The summed E-state index contributed by atoms with van der Waals surface area (Å²) < 4.78 is 0. The fraction of sp³-hybridized carbons (Fsp3) is 0.333. The molecule has 0 bridgehead atoms. The minimum Gasteiger partial charge on any atom is -0.394 e. The van der Waals surface area contributed by atoms with Crippen LogP contribution in [0.15, 0.2) is 12.1 Å². The van der Waals surface area contributed by atoms with E-state index in [1.165, 1.54) is 0 Å². The zero-order valence-electron chi connectivity index (χ0n) is 7.86. The van der Waals surface area contributed by atoms with E-state index in [0.29, 0.717) is 11.5 Å². The molecule has 1 atom stereocenters.